The van der Waals surface area contributed by atoms with Crippen LogP contribution >= 0.6 is 31.9 Å². The third-order valence-corrected chi connectivity index (χ3v) is 5.64. The molecule has 0 radical (unpaired) electrons. The van der Waals surface area contributed by atoms with Crippen molar-refractivity contribution in [3.8, 4) is 5.75 Å². The Kier molecular flexibility index (Phi) is 7.15. The maximum absolute atomic E-state index is 11.8. The smallest absolute Gasteiger partial charge is 0.321 e. The number of para-hydroxylation sites is 1. The molecule has 0 fully saturated rings. The van der Waals surface area contributed by atoms with Crippen LogP contribution in [0, 0.1) is 0 Å². The van der Waals surface area contributed by atoms with Gasteiger partial charge in [-0.05, 0) is 67.6 Å². The van der Waals surface area contributed by atoms with Crippen molar-refractivity contribution < 1.29 is 14.6 Å². The lowest BCUT2D eigenvalue weighted by Crippen LogP contribution is -2.38. The Bertz CT molecular complexity index is 948. The maximum Gasteiger partial charge on any atom is 0.321 e. The maximum atomic E-state index is 11.8. The third-order valence-electron chi connectivity index (χ3n) is 4.46. The molecule has 3 rings (SSSR count). The number of aliphatic carboxylic acids is 1. The third kappa shape index (κ3) is 4.96. The van der Waals surface area contributed by atoms with Gasteiger partial charge in [-0.3, -0.25) is 4.79 Å². The molecule has 0 spiro atoms. The van der Waals surface area contributed by atoms with Gasteiger partial charge in [-0.15, -0.1) is 0 Å². The highest BCUT2D eigenvalue weighted by molar-refractivity contribution is 9.11. The first-order chi connectivity index (χ1) is 13.5. The number of carboxylic acid groups (broad SMARTS) is 1. The van der Waals surface area contributed by atoms with E-state index >= 15 is 0 Å². The fraction of sp³-hybridized carbons (Fsp3) is 0.286. The zero-order valence-corrected chi connectivity index (χ0v) is 18.6. The number of carboxylic acids is 1. The summed E-state index contributed by atoms with van der Waals surface area (Å²) < 4.78 is 7.42. The number of H-pyrrole nitrogens is 1. The Balaban J connectivity index is 1.71. The normalized spacial score (nSPS) is 12.2. The number of rotatable bonds is 9. The number of carbonyl (C=O) groups is 1. The van der Waals surface area contributed by atoms with Gasteiger partial charge in [0, 0.05) is 30.1 Å². The van der Waals surface area contributed by atoms with Gasteiger partial charge in [-0.2, -0.15) is 0 Å². The van der Waals surface area contributed by atoms with Gasteiger partial charge < -0.3 is 20.1 Å². The van der Waals surface area contributed by atoms with E-state index in [1.807, 2.05) is 42.6 Å². The number of hydrogen-bond acceptors (Lipinski definition) is 3. The van der Waals surface area contributed by atoms with Crippen LogP contribution < -0.4 is 10.1 Å². The molecule has 28 heavy (non-hydrogen) atoms. The van der Waals surface area contributed by atoms with Gasteiger partial charge in [0.2, 0.25) is 0 Å². The molecule has 1 aromatic heterocycles. The van der Waals surface area contributed by atoms with E-state index in [-0.39, 0.29) is 0 Å². The van der Waals surface area contributed by atoms with Crippen molar-refractivity contribution >= 4 is 48.7 Å². The zero-order valence-electron chi connectivity index (χ0n) is 15.5. The molecule has 5 nitrogen and oxygen atoms in total. The summed E-state index contributed by atoms with van der Waals surface area (Å²) in [6.45, 7) is 3.13. The van der Waals surface area contributed by atoms with E-state index in [9.17, 15) is 9.90 Å². The van der Waals surface area contributed by atoms with E-state index in [4.69, 9.17) is 4.74 Å². The van der Waals surface area contributed by atoms with E-state index in [0.29, 0.717) is 19.6 Å². The monoisotopic (exact) mass is 508 g/mol. The molecule has 7 heteroatoms. The van der Waals surface area contributed by atoms with Crippen LogP contribution in [0.15, 0.2) is 51.5 Å². The van der Waals surface area contributed by atoms with Gasteiger partial charge in [0.15, 0.2) is 0 Å². The topological polar surface area (TPSA) is 74.3 Å². The molecule has 0 saturated heterocycles. The van der Waals surface area contributed by atoms with E-state index in [1.165, 1.54) is 0 Å². The second-order valence-corrected chi connectivity index (χ2v) is 8.28. The van der Waals surface area contributed by atoms with Crippen molar-refractivity contribution in [1.29, 1.82) is 0 Å². The van der Waals surface area contributed by atoms with E-state index in [0.717, 1.165) is 43.1 Å². The molecule has 148 valence electrons. The molecule has 0 bridgehead atoms. The first-order valence-corrected chi connectivity index (χ1v) is 10.7. The summed E-state index contributed by atoms with van der Waals surface area (Å²) in [6, 6.07) is 11.1. The number of ether oxygens (including phenoxy) is 1. The van der Waals surface area contributed by atoms with Gasteiger partial charge in [-0.25, -0.2) is 0 Å². The van der Waals surface area contributed by atoms with Crippen LogP contribution in [-0.2, 0) is 17.8 Å². The fourth-order valence-electron chi connectivity index (χ4n) is 3.06. The number of aromatic nitrogens is 1. The Morgan fingerprint density at radius 3 is 2.64 bits per heavy atom. The van der Waals surface area contributed by atoms with E-state index < -0.39 is 12.0 Å². The Labute approximate surface area is 180 Å². The lowest BCUT2D eigenvalue weighted by molar-refractivity contribution is -0.139. The molecule has 2 aromatic carbocycles. The highest BCUT2D eigenvalue weighted by Gasteiger charge is 2.19. The number of nitrogens with one attached hydrogen (secondary N) is 2. The molecular formula is C21H22Br2N2O3. The molecule has 0 unspecified atom stereocenters. The van der Waals surface area contributed by atoms with Gasteiger partial charge in [0.1, 0.15) is 11.8 Å². The van der Waals surface area contributed by atoms with Gasteiger partial charge in [-0.1, -0.05) is 25.1 Å². The van der Waals surface area contributed by atoms with Crippen LogP contribution in [0.3, 0.4) is 0 Å². The molecule has 3 N–H and O–H groups in total. The van der Waals surface area contributed by atoms with Crippen LogP contribution in [0.1, 0.15) is 24.5 Å². The highest BCUT2D eigenvalue weighted by Crippen LogP contribution is 2.35. The van der Waals surface area contributed by atoms with Crippen LogP contribution in [0.5, 0.6) is 5.75 Å². The first-order valence-electron chi connectivity index (χ1n) is 9.11. The van der Waals surface area contributed by atoms with Crippen molar-refractivity contribution in [3.63, 3.8) is 0 Å². The number of fused-ring (bicyclic) bond motifs is 1. The number of halogens is 2. The number of hydrogen-bond donors (Lipinski definition) is 3. The summed E-state index contributed by atoms with van der Waals surface area (Å²) >= 11 is 7.07. The minimum Gasteiger partial charge on any atom is -0.491 e. The van der Waals surface area contributed by atoms with Gasteiger partial charge in [0.05, 0.1) is 15.6 Å². The quantitative estimate of drug-likeness (QED) is 0.367. The summed E-state index contributed by atoms with van der Waals surface area (Å²) in [5, 5.41) is 13.9. The lowest BCUT2D eigenvalue weighted by atomic mass is 10.0. The van der Waals surface area contributed by atoms with Crippen molar-refractivity contribution in [2.24, 2.45) is 0 Å². The van der Waals surface area contributed by atoms with Crippen molar-refractivity contribution in [2.45, 2.75) is 32.4 Å². The SMILES string of the molecule is CCCOc1c(Br)cc(CN[C@@H](Cc2c[nH]c3ccccc23)C(=O)O)cc1Br. The first kappa shape index (κ1) is 20.9. The van der Waals surface area contributed by atoms with Gasteiger partial charge in [0.25, 0.3) is 0 Å². The second-order valence-electron chi connectivity index (χ2n) is 6.57. The summed E-state index contributed by atoms with van der Waals surface area (Å²) in [5.41, 5.74) is 2.96. The average molecular weight is 510 g/mol. The molecule has 0 saturated carbocycles. The fourth-order valence-corrected chi connectivity index (χ4v) is 4.57. The predicted octanol–water partition coefficient (Wildman–Crippen LogP) is 5.27. The lowest BCUT2D eigenvalue weighted by Gasteiger charge is -2.16. The standard InChI is InChI=1S/C21H22Br2N2O3/c1-2-7-28-20-16(22)8-13(9-17(20)23)11-24-19(21(26)27)10-14-12-25-18-6-4-3-5-15(14)18/h3-6,8-9,12,19,24-25H,2,7,10-11H2,1H3,(H,26,27)/t19-/m0/s1. The minimum atomic E-state index is -0.869. The van der Waals surface area contributed by atoms with Crippen molar-refractivity contribution in [3.05, 3.63) is 62.7 Å². The Morgan fingerprint density at radius 2 is 1.96 bits per heavy atom. The van der Waals surface area contributed by atoms with Crippen LogP contribution in [0.25, 0.3) is 10.9 Å². The summed E-state index contributed by atoms with van der Waals surface area (Å²) in [7, 11) is 0. The summed E-state index contributed by atoms with van der Waals surface area (Å²) in [4.78, 5) is 15.0. The number of benzene rings is 2. The van der Waals surface area contributed by atoms with Crippen molar-refractivity contribution in [2.75, 3.05) is 6.61 Å². The average Bonchev–Trinajstić information content (AvgIpc) is 3.07. The molecule has 0 amide bonds. The second kappa shape index (κ2) is 9.58. The van der Waals surface area contributed by atoms with E-state index in [2.05, 4.69) is 49.1 Å². The molecule has 1 heterocycles. The zero-order chi connectivity index (χ0) is 20.1. The van der Waals surface area contributed by atoms with Crippen LogP contribution in [-0.4, -0.2) is 28.7 Å². The van der Waals surface area contributed by atoms with Crippen LogP contribution in [0.4, 0.5) is 0 Å². The Morgan fingerprint density at radius 1 is 1.25 bits per heavy atom. The summed E-state index contributed by atoms with van der Waals surface area (Å²) in [6.07, 6.45) is 3.21. The molecular weight excluding hydrogens is 488 g/mol. The minimum absolute atomic E-state index is 0.402. The largest absolute Gasteiger partial charge is 0.491 e. The molecule has 0 aliphatic rings. The van der Waals surface area contributed by atoms with Gasteiger partial charge >= 0.3 is 5.97 Å². The molecule has 0 aliphatic heterocycles. The van der Waals surface area contributed by atoms with E-state index in [1.54, 1.807) is 0 Å². The summed E-state index contributed by atoms with van der Waals surface area (Å²) in [5.74, 6) is -0.106. The predicted molar refractivity (Wildman–Crippen MR) is 118 cm³/mol. The molecule has 3 aromatic rings. The number of aromatic amines is 1. The molecule has 1 atom stereocenters. The molecule has 0 aliphatic carbocycles. The van der Waals surface area contributed by atoms with Crippen molar-refractivity contribution in [1.82, 2.24) is 10.3 Å². The van der Waals surface area contributed by atoms with Crippen LogP contribution in [0.2, 0.25) is 0 Å². The highest BCUT2D eigenvalue weighted by atomic mass is 79.9. The Hall–Kier alpha value is -1.83.